The van der Waals surface area contributed by atoms with Gasteiger partial charge in [-0.15, -0.1) is 13.2 Å². The van der Waals surface area contributed by atoms with Crippen molar-refractivity contribution in [3.8, 4) is 28.4 Å². The van der Waals surface area contributed by atoms with E-state index in [0.29, 0.717) is 17.1 Å². The molecular formula is C25H19F3N4O4. The van der Waals surface area contributed by atoms with Gasteiger partial charge in [-0.05, 0) is 42.0 Å². The highest BCUT2D eigenvalue weighted by atomic mass is 19.4. The molecule has 0 radical (unpaired) electrons. The Hall–Kier alpha value is -4.80. The molecule has 2 aromatic heterocycles. The summed E-state index contributed by atoms with van der Waals surface area (Å²) >= 11 is 0. The molecule has 36 heavy (non-hydrogen) atoms. The zero-order valence-corrected chi connectivity index (χ0v) is 18.7. The summed E-state index contributed by atoms with van der Waals surface area (Å²) < 4.78 is 47.0. The second-order valence-corrected chi connectivity index (χ2v) is 7.42. The molecule has 11 heteroatoms. The number of ether oxygens (including phenoxy) is 2. The fourth-order valence-electron chi connectivity index (χ4n) is 3.26. The number of alkyl halides is 3. The normalized spacial score (nSPS) is 11.0. The van der Waals surface area contributed by atoms with Gasteiger partial charge in [0.2, 0.25) is 0 Å². The van der Waals surface area contributed by atoms with Crippen LogP contribution in [0.2, 0.25) is 0 Å². The van der Waals surface area contributed by atoms with Crippen molar-refractivity contribution in [2.75, 3.05) is 12.4 Å². The molecule has 2 aromatic carbocycles. The lowest BCUT2D eigenvalue weighted by Gasteiger charge is -2.10. The number of aromatic amines is 1. The first-order valence-electron chi connectivity index (χ1n) is 10.5. The molecule has 2 heterocycles. The predicted octanol–water partition coefficient (Wildman–Crippen LogP) is 5.38. The number of carbonyl (C=O) groups is 2. The summed E-state index contributed by atoms with van der Waals surface area (Å²) in [7, 11) is 1.51. The number of anilines is 1. The van der Waals surface area contributed by atoms with Crippen LogP contribution in [0, 0.1) is 0 Å². The van der Waals surface area contributed by atoms with E-state index in [4.69, 9.17) is 4.74 Å². The minimum atomic E-state index is -4.83. The number of carbonyl (C=O) groups excluding carboxylic acids is 2. The molecule has 0 aliphatic heterocycles. The Morgan fingerprint density at radius 1 is 0.889 bits per heavy atom. The van der Waals surface area contributed by atoms with Crippen molar-refractivity contribution >= 4 is 17.5 Å². The number of H-pyrrole nitrogens is 1. The third-order valence-corrected chi connectivity index (χ3v) is 4.85. The Kier molecular flexibility index (Phi) is 6.91. The van der Waals surface area contributed by atoms with Gasteiger partial charge in [0.05, 0.1) is 0 Å². The number of aromatic nitrogens is 2. The molecule has 0 atom stereocenters. The summed E-state index contributed by atoms with van der Waals surface area (Å²) in [5, 5.41) is 5.03. The molecule has 3 N–H and O–H groups in total. The average molecular weight is 496 g/mol. The van der Waals surface area contributed by atoms with Crippen molar-refractivity contribution in [1.82, 2.24) is 15.3 Å². The number of nitrogens with zero attached hydrogens (tertiary/aromatic N) is 1. The van der Waals surface area contributed by atoms with Crippen LogP contribution in [-0.2, 0) is 0 Å². The number of halogens is 3. The molecule has 0 fully saturated rings. The molecule has 4 rings (SSSR count). The number of rotatable bonds is 7. The molecule has 0 bridgehead atoms. The SMILES string of the molecule is CNC(=O)c1cc(Oc2cccc(-c3c[nH]c(C(=O)Nc4cccc(OC(F)(F)F)c4)c3)c2)ccn1. The van der Waals surface area contributed by atoms with E-state index in [1.807, 2.05) is 6.07 Å². The Balaban J connectivity index is 1.46. The van der Waals surface area contributed by atoms with Crippen molar-refractivity contribution in [2.45, 2.75) is 6.36 Å². The van der Waals surface area contributed by atoms with Gasteiger partial charge in [0.1, 0.15) is 28.6 Å². The summed E-state index contributed by atoms with van der Waals surface area (Å²) in [4.78, 5) is 31.2. The maximum Gasteiger partial charge on any atom is 0.573 e. The number of benzene rings is 2. The Bertz CT molecular complexity index is 1400. The first kappa shape index (κ1) is 24.3. The third-order valence-electron chi connectivity index (χ3n) is 4.85. The quantitative estimate of drug-likeness (QED) is 0.319. The van der Waals surface area contributed by atoms with Gasteiger partial charge in [0, 0.05) is 42.8 Å². The highest BCUT2D eigenvalue weighted by molar-refractivity contribution is 6.03. The summed E-state index contributed by atoms with van der Waals surface area (Å²) in [6.07, 6.45) is -1.75. The fourth-order valence-corrected chi connectivity index (χ4v) is 3.26. The molecule has 0 aliphatic carbocycles. The first-order valence-corrected chi connectivity index (χ1v) is 10.5. The molecule has 0 saturated heterocycles. The zero-order chi connectivity index (χ0) is 25.7. The number of hydrogen-bond donors (Lipinski definition) is 3. The first-order chi connectivity index (χ1) is 17.2. The highest BCUT2D eigenvalue weighted by Crippen LogP contribution is 2.29. The molecule has 0 spiro atoms. The van der Waals surface area contributed by atoms with E-state index in [9.17, 15) is 22.8 Å². The summed E-state index contributed by atoms with van der Waals surface area (Å²) in [6.45, 7) is 0. The van der Waals surface area contributed by atoms with Crippen LogP contribution in [0.25, 0.3) is 11.1 Å². The molecular weight excluding hydrogens is 477 g/mol. The van der Waals surface area contributed by atoms with E-state index in [-0.39, 0.29) is 23.0 Å². The van der Waals surface area contributed by atoms with E-state index in [1.165, 1.54) is 31.4 Å². The van der Waals surface area contributed by atoms with Crippen molar-refractivity contribution in [1.29, 1.82) is 0 Å². The van der Waals surface area contributed by atoms with Gasteiger partial charge in [-0.2, -0.15) is 0 Å². The summed E-state index contributed by atoms with van der Waals surface area (Å²) in [5.74, 6) is -0.411. The van der Waals surface area contributed by atoms with Crippen LogP contribution in [0.5, 0.6) is 17.2 Å². The van der Waals surface area contributed by atoms with E-state index < -0.39 is 18.0 Å². The summed E-state index contributed by atoms with van der Waals surface area (Å²) in [5.41, 5.74) is 1.97. The average Bonchev–Trinajstić information content (AvgIpc) is 3.34. The van der Waals surface area contributed by atoms with Gasteiger partial charge in [0.15, 0.2) is 0 Å². The minimum Gasteiger partial charge on any atom is -0.457 e. The Morgan fingerprint density at radius 2 is 1.64 bits per heavy atom. The largest absolute Gasteiger partial charge is 0.573 e. The van der Waals surface area contributed by atoms with Gasteiger partial charge >= 0.3 is 6.36 Å². The maximum atomic E-state index is 12.6. The van der Waals surface area contributed by atoms with Crippen LogP contribution in [0.4, 0.5) is 18.9 Å². The molecule has 2 amide bonds. The number of amides is 2. The van der Waals surface area contributed by atoms with E-state index in [1.54, 1.807) is 36.5 Å². The Labute approximate surface area is 203 Å². The lowest BCUT2D eigenvalue weighted by Crippen LogP contribution is -2.18. The maximum absolute atomic E-state index is 12.6. The summed E-state index contributed by atoms with van der Waals surface area (Å²) in [6, 6.07) is 16.8. The van der Waals surface area contributed by atoms with Crippen LogP contribution in [0.3, 0.4) is 0 Å². The van der Waals surface area contributed by atoms with Gasteiger partial charge in [-0.3, -0.25) is 14.6 Å². The minimum absolute atomic E-state index is 0.141. The van der Waals surface area contributed by atoms with Crippen LogP contribution < -0.4 is 20.1 Å². The van der Waals surface area contributed by atoms with Crippen LogP contribution in [-0.4, -0.2) is 35.2 Å². The number of hydrogen-bond acceptors (Lipinski definition) is 5. The topological polar surface area (TPSA) is 105 Å². The van der Waals surface area contributed by atoms with E-state index in [0.717, 1.165) is 17.7 Å². The second kappa shape index (κ2) is 10.2. The predicted molar refractivity (Wildman–Crippen MR) is 125 cm³/mol. The second-order valence-electron chi connectivity index (χ2n) is 7.42. The van der Waals surface area contributed by atoms with Crippen molar-refractivity contribution in [2.24, 2.45) is 0 Å². The lowest BCUT2D eigenvalue weighted by atomic mass is 10.1. The van der Waals surface area contributed by atoms with Gasteiger partial charge < -0.3 is 25.1 Å². The zero-order valence-electron chi connectivity index (χ0n) is 18.7. The molecule has 0 saturated carbocycles. The van der Waals surface area contributed by atoms with E-state index >= 15 is 0 Å². The Morgan fingerprint density at radius 3 is 2.42 bits per heavy atom. The van der Waals surface area contributed by atoms with Crippen molar-refractivity contribution in [3.63, 3.8) is 0 Å². The van der Waals surface area contributed by atoms with E-state index in [2.05, 4.69) is 25.3 Å². The van der Waals surface area contributed by atoms with Crippen LogP contribution in [0.1, 0.15) is 21.0 Å². The number of nitrogens with one attached hydrogen (secondary N) is 3. The highest BCUT2D eigenvalue weighted by Gasteiger charge is 2.31. The molecule has 184 valence electrons. The number of pyridine rings is 1. The smallest absolute Gasteiger partial charge is 0.457 e. The van der Waals surface area contributed by atoms with Crippen LogP contribution >= 0.6 is 0 Å². The van der Waals surface area contributed by atoms with Crippen molar-refractivity contribution in [3.05, 3.63) is 90.5 Å². The lowest BCUT2D eigenvalue weighted by molar-refractivity contribution is -0.274. The van der Waals surface area contributed by atoms with Crippen molar-refractivity contribution < 1.29 is 32.2 Å². The molecule has 4 aromatic rings. The fraction of sp³-hybridized carbons (Fsp3) is 0.0800. The van der Waals surface area contributed by atoms with Crippen LogP contribution in [0.15, 0.2) is 79.1 Å². The molecule has 8 nitrogen and oxygen atoms in total. The van der Waals surface area contributed by atoms with Gasteiger partial charge in [-0.1, -0.05) is 18.2 Å². The third kappa shape index (κ3) is 6.20. The standard InChI is InChI=1S/C25H19F3N4O4/c1-29-23(33)22-13-19(8-9-30-22)35-18-6-2-4-15(10-18)16-11-21(31-14-16)24(34)32-17-5-3-7-20(12-17)36-25(26,27)28/h2-14,31H,1H3,(H,29,33)(H,32,34). The molecule has 0 unspecified atom stereocenters. The molecule has 0 aliphatic rings. The van der Waals surface area contributed by atoms with Gasteiger partial charge in [0.25, 0.3) is 11.8 Å². The monoisotopic (exact) mass is 496 g/mol. The van der Waals surface area contributed by atoms with Gasteiger partial charge in [-0.25, -0.2) is 0 Å².